The van der Waals surface area contributed by atoms with Crippen molar-refractivity contribution in [2.24, 2.45) is 5.92 Å². The second kappa shape index (κ2) is 9.63. The number of nitrogens with one attached hydrogen (secondary N) is 1. The van der Waals surface area contributed by atoms with Crippen molar-refractivity contribution in [1.29, 1.82) is 5.26 Å². The maximum atomic E-state index is 11.6. The van der Waals surface area contributed by atoms with Crippen LogP contribution in [0.2, 0.25) is 0 Å². The fourth-order valence-corrected chi connectivity index (χ4v) is 5.30. The lowest BCUT2D eigenvalue weighted by atomic mass is 9.84. The van der Waals surface area contributed by atoms with Crippen LogP contribution in [0.4, 0.5) is 5.69 Å². The first-order chi connectivity index (χ1) is 14.2. The quantitative estimate of drug-likeness (QED) is 0.804. The van der Waals surface area contributed by atoms with Gasteiger partial charge in [-0.15, -0.1) is 0 Å². The molecule has 1 amide bonds. The minimum Gasteiger partial charge on any atom is -0.369 e. The summed E-state index contributed by atoms with van der Waals surface area (Å²) in [5.74, 6) is 0.672. The molecule has 0 atom stereocenters. The number of nitriles is 1. The van der Waals surface area contributed by atoms with Crippen LogP contribution >= 0.6 is 0 Å². The maximum absolute atomic E-state index is 11.6. The van der Waals surface area contributed by atoms with E-state index in [-0.39, 0.29) is 18.4 Å². The van der Waals surface area contributed by atoms with Crippen LogP contribution in [0.1, 0.15) is 56.1 Å². The number of aryl methyl sites for hydroxylation is 2. The van der Waals surface area contributed by atoms with Gasteiger partial charge in [-0.05, 0) is 87.1 Å². The van der Waals surface area contributed by atoms with Crippen molar-refractivity contribution in [3.05, 3.63) is 29.3 Å². The van der Waals surface area contributed by atoms with Crippen LogP contribution in [-0.2, 0) is 17.6 Å². The van der Waals surface area contributed by atoms with Crippen molar-refractivity contribution >= 4 is 11.6 Å². The van der Waals surface area contributed by atoms with E-state index in [4.69, 9.17) is 5.26 Å². The first-order valence-corrected chi connectivity index (χ1v) is 11.5. The molecule has 0 bridgehead atoms. The number of nitrogens with zero attached hydrogens (tertiary/aromatic N) is 3. The van der Waals surface area contributed by atoms with Crippen molar-refractivity contribution in [3.8, 4) is 6.07 Å². The highest BCUT2D eigenvalue weighted by atomic mass is 16.1. The minimum absolute atomic E-state index is 0.0165. The minimum atomic E-state index is -0.114. The van der Waals surface area contributed by atoms with E-state index in [0.29, 0.717) is 0 Å². The standard InChI is InChI=1S/C24H34N4O/c25-12-10-24(29)26-22-7-4-19(5-8-22)11-13-27-14-16-28(17-15-27)23-9-6-20-2-1-3-21(20)18-23/h6,9,18-19,22H,1-5,7-8,10-11,13-17H2,(H,26,29). The number of benzene rings is 1. The van der Waals surface area contributed by atoms with E-state index in [1.165, 1.54) is 50.8 Å². The van der Waals surface area contributed by atoms with E-state index in [0.717, 1.165) is 44.9 Å². The molecule has 29 heavy (non-hydrogen) atoms. The summed E-state index contributed by atoms with van der Waals surface area (Å²) in [6, 6.07) is 9.32. The van der Waals surface area contributed by atoms with Crippen LogP contribution in [0, 0.1) is 17.2 Å². The molecule has 5 heteroatoms. The summed E-state index contributed by atoms with van der Waals surface area (Å²) < 4.78 is 0. The topological polar surface area (TPSA) is 59.4 Å². The molecule has 1 aromatic rings. The summed E-state index contributed by atoms with van der Waals surface area (Å²) in [6.07, 6.45) is 9.63. The van der Waals surface area contributed by atoms with E-state index in [9.17, 15) is 4.79 Å². The first kappa shape index (κ1) is 20.2. The lowest BCUT2D eigenvalue weighted by Crippen LogP contribution is -2.47. The van der Waals surface area contributed by atoms with Crippen molar-refractivity contribution in [1.82, 2.24) is 10.2 Å². The summed E-state index contributed by atoms with van der Waals surface area (Å²) in [4.78, 5) is 16.8. The highest BCUT2D eigenvalue weighted by molar-refractivity contribution is 5.78. The van der Waals surface area contributed by atoms with Crippen LogP contribution in [-0.4, -0.2) is 49.6 Å². The summed E-state index contributed by atoms with van der Waals surface area (Å²) in [6.45, 7) is 5.80. The SMILES string of the molecule is N#CCC(=O)NC1CCC(CCN2CCN(c3ccc4c(c3)CCC4)CC2)CC1. The summed E-state index contributed by atoms with van der Waals surface area (Å²) in [7, 11) is 0. The third-order valence-electron chi connectivity index (χ3n) is 7.12. The highest BCUT2D eigenvalue weighted by Crippen LogP contribution is 2.29. The molecule has 2 fully saturated rings. The van der Waals surface area contributed by atoms with Crippen LogP contribution in [0.25, 0.3) is 0 Å². The molecule has 1 saturated heterocycles. The Bertz CT molecular complexity index is 740. The number of amides is 1. The molecule has 1 aromatic carbocycles. The third-order valence-corrected chi connectivity index (χ3v) is 7.12. The monoisotopic (exact) mass is 394 g/mol. The number of carbonyl (C=O) groups is 1. The van der Waals surface area contributed by atoms with Gasteiger partial charge in [0.25, 0.3) is 0 Å². The van der Waals surface area contributed by atoms with Gasteiger partial charge >= 0.3 is 0 Å². The van der Waals surface area contributed by atoms with Gasteiger partial charge in [0.05, 0.1) is 6.07 Å². The van der Waals surface area contributed by atoms with E-state index in [1.807, 2.05) is 6.07 Å². The lowest BCUT2D eigenvalue weighted by Gasteiger charge is -2.37. The van der Waals surface area contributed by atoms with E-state index >= 15 is 0 Å². The summed E-state index contributed by atoms with van der Waals surface area (Å²) in [5, 5.41) is 11.6. The summed E-state index contributed by atoms with van der Waals surface area (Å²) in [5.41, 5.74) is 4.55. The molecule has 1 aliphatic heterocycles. The molecule has 0 spiro atoms. The van der Waals surface area contributed by atoms with Gasteiger partial charge in [-0.3, -0.25) is 9.69 Å². The smallest absolute Gasteiger partial charge is 0.234 e. The maximum Gasteiger partial charge on any atom is 0.234 e. The molecule has 1 saturated carbocycles. The van der Waals surface area contributed by atoms with Crippen molar-refractivity contribution in [3.63, 3.8) is 0 Å². The zero-order valence-electron chi connectivity index (χ0n) is 17.5. The second-order valence-electron chi connectivity index (χ2n) is 9.04. The zero-order valence-corrected chi connectivity index (χ0v) is 17.5. The number of hydrogen-bond donors (Lipinski definition) is 1. The molecule has 1 N–H and O–H groups in total. The van der Waals surface area contributed by atoms with Crippen molar-refractivity contribution in [2.75, 3.05) is 37.6 Å². The Hall–Kier alpha value is -2.06. The van der Waals surface area contributed by atoms with Crippen LogP contribution < -0.4 is 10.2 Å². The van der Waals surface area contributed by atoms with E-state index < -0.39 is 0 Å². The van der Waals surface area contributed by atoms with Gasteiger partial charge in [0.15, 0.2) is 0 Å². The van der Waals surface area contributed by atoms with Gasteiger partial charge in [-0.2, -0.15) is 5.26 Å². The predicted octanol–water partition coefficient (Wildman–Crippen LogP) is 3.28. The summed E-state index contributed by atoms with van der Waals surface area (Å²) >= 11 is 0. The average molecular weight is 395 g/mol. The zero-order chi connectivity index (χ0) is 20.1. The number of hydrogen-bond acceptors (Lipinski definition) is 4. The Kier molecular flexibility index (Phi) is 6.71. The Morgan fingerprint density at radius 3 is 2.59 bits per heavy atom. The second-order valence-corrected chi connectivity index (χ2v) is 9.04. The molecule has 1 heterocycles. The molecular weight excluding hydrogens is 360 g/mol. The van der Waals surface area contributed by atoms with Gasteiger partial charge in [-0.25, -0.2) is 0 Å². The predicted molar refractivity (Wildman–Crippen MR) is 116 cm³/mol. The Morgan fingerprint density at radius 1 is 1.07 bits per heavy atom. The molecule has 2 aliphatic carbocycles. The van der Waals surface area contributed by atoms with Gasteiger partial charge in [0.2, 0.25) is 5.91 Å². The van der Waals surface area contributed by atoms with Crippen LogP contribution in [0.5, 0.6) is 0 Å². The normalized spacial score (nSPS) is 24.7. The van der Waals surface area contributed by atoms with Crippen LogP contribution in [0.15, 0.2) is 18.2 Å². The van der Waals surface area contributed by atoms with E-state index in [1.54, 1.807) is 11.1 Å². The van der Waals surface area contributed by atoms with Gasteiger partial charge in [0.1, 0.15) is 6.42 Å². The molecule has 5 nitrogen and oxygen atoms in total. The molecular formula is C24H34N4O. The molecule has 0 unspecified atom stereocenters. The Balaban J connectivity index is 1.15. The number of carbonyl (C=O) groups excluding carboxylic acids is 1. The van der Waals surface area contributed by atoms with Gasteiger partial charge < -0.3 is 10.2 Å². The molecule has 0 aromatic heterocycles. The fourth-order valence-electron chi connectivity index (χ4n) is 5.30. The van der Waals surface area contributed by atoms with Crippen LogP contribution in [0.3, 0.4) is 0 Å². The lowest BCUT2D eigenvalue weighted by molar-refractivity contribution is -0.121. The van der Waals surface area contributed by atoms with Crippen molar-refractivity contribution in [2.45, 2.75) is 63.8 Å². The highest BCUT2D eigenvalue weighted by Gasteiger charge is 2.24. The van der Waals surface area contributed by atoms with Gasteiger partial charge in [0, 0.05) is 37.9 Å². The average Bonchev–Trinajstić information content (AvgIpc) is 3.22. The Labute approximate surface area is 175 Å². The van der Waals surface area contributed by atoms with Gasteiger partial charge in [-0.1, -0.05) is 6.07 Å². The molecule has 0 radical (unpaired) electrons. The van der Waals surface area contributed by atoms with E-state index in [2.05, 4.69) is 33.3 Å². The number of fused-ring (bicyclic) bond motifs is 1. The Morgan fingerprint density at radius 2 is 1.83 bits per heavy atom. The fraction of sp³-hybridized carbons (Fsp3) is 0.667. The largest absolute Gasteiger partial charge is 0.369 e. The number of piperazine rings is 1. The first-order valence-electron chi connectivity index (χ1n) is 11.5. The van der Waals surface area contributed by atoms with Crippen molar-refractivity contribution < 1.29 is 4.79 Å². The molecule has 156 valence electrons. The number of anilines is 1. The number of rotatable bonds is 6. The molecule has 4 rings (SSSR count). The molecule has 3 aliphatic rings. The third kappa shape index (κ3) is 5.30.